The van der Waals surface area contributed by atoms with E-state index in [-0.39, 0.29) is 18.5 Å². The molecule has 0 saturated carbocycles. The van der Waals surface area contributed by atoms with Crippen LogP contribution in [0.2, 0.25) is 0 Å². The molecule has 1 aliphatic rings. The van der Waals surface area contributed by atoms with Crippen molar-refractivity contribution in [3.05, 3.63) is 29.8 Å². The highest BCUT2D eigenvalue weighted by Gasteiger charge is 2.49. The molecule has 5 amide bonds. The maximum Gasteiger partial charge on any atom is 0.325 e. The summed E-state index contributed by atoms with van der Waals surface area (Å²) in [4.78, 5) is 49.4. The van der Waals surface area contributed by atoms with Crippen LogP contribution in [-0.2, 0) is 19.9 Å². The van der Waals surface area contributed by atoms with Gasteiger partial charge in [-0.25, -0.2) is 4.79 Å². The number of urea groups is 1. The van der Waals surface area contributed by atoms with Crippen LogP contribution in [0, 0.1) is 0 Å². The largest absolute Gasteiger partial charge is 0.497 e. The third-order valence-electron chi connectivity index (χ3n) is 4.14. The SMILES string of the molecule is COc1ccc([C@@]2(C)NC(=O)N(CC(=O)NCC(=O)NC(C)C)C2=O)cc1. The maximum atomic E-state index is 12.8. The van der Waals surface area contributed by atoms with Gasteiger partial charge >= 0.3 is 6.03 Å². The first-order chi connectivity index (χ1) is 12.7. The summed E-state index contributed by atoms with van der Waals surface area (Å²) in [6.07, 6.45) is 0. The van der Waals surface area contributed by atoms with Gasteiger partial charge < -0.3 is 20.7 Å². The van der Waals surface area contributed by atoms with Gasteiger partial charge in [-0.1, -0.05) is 12.1 Å². The van der Waals surface area contributed by atoms with E-state index in [1.54, 1.807) is 45.0 Å². The number of benzene rings is 1. The molecule has 9 nitrogen and oxygen atoms in total. The Morgan fingerprint density at radius 2 is 1.81 bits per heavy atom. The number of nitrogens with one attached hydrogen (secondary N) is 3. The molecule has 1 aromatic carbocycles. The van der Waals surface area contributed by atoms with E-state index in [2.05, 4.69) is 16.0 Å². The van der Waals surface area contributed by atoms with Crippen LogP contribution in [0.15, 0.2) is 24.3 Å². The lowest BCUT2D eigenvalue weighted by molar-refractivity contribution is -0.135. The fraction of sp³-hybridized carbons (Fsp3) is 0.444. The predicted molar refractivity (Wildman–Crippen MR) is 96.9 cm³/mol. The molecule has 1 aliphatic heterocycles. The van der Waals surface area contributed by atoms with Crippen LogP contribution in [0.3, 0.4) is 0 Å². The molecule has 9 heteroatoms. The Hall–Kier alpha value is -3.10. The van der Waals surface area contributed by atoms with Crippen molar-refractivity contribution in [1.29, 1.82) is 0 Å². The van der Waals surface area contributed by atoms with Gasteiger partial charge in [0.25, 0.3) is 5.91 Å². The molecule has 0 spiro atoms. The van der Waals surface area contributed by atoms with E-state index in [0.717, 1.165) is 4.90 Å². The maximum absolute atomic E-state index is 12.8. The van der Waals surface area contributed by atoms with Crippen molar-refractivity contribution >= 4 is 23.8 Å². The molecule has 0 aliphatic carbocycles. The van der Waals surface area contributed by atoms with Crippen LogP contribution < -0.4 is 20.7 Å². The summed E-state index contributed by atoms with van der Waals surface area (Å²) in [7, 11) is 1.53. The number of carbonyl (C=O) groups excluding carboxylic acids is 4. The lowest BCUT2D eigenvalue weighted by Crippen LogP contribution is -2.45. The lowest BCUT2D eigenvalue weighted by atomic mass is 9.92. The van der Waals surface area contributed by atoms with Crippen LogP contribution in [0.25, 0.3) is 0 Å². The number of methoxy groups -OCH3 is 1. The Morgan fingerprint density at radius 3 is 2.37 bits per heavy atom. The molecule has 0 radical (unpaired) electrons. The van der Waals surface area contributed by atoms with E-state index in [1.165, 1.54) is 7.11 Å². The number of hydrogen-bond acceptors (Lipinski definition) is 5. The highest BCUT2D eigenvalue weighted by molar-refractivity contribution is 6.09. The van der Waals surface area contributed by atoms with Gasteiger partial charge in [-0.2, -0.15) is 0 Å². The molecular formula is C18H24N4O5. The Kier molecular flexibility index (Phi) is 6.04. The highest BCUT2D eigenvalue weighted by Crippen LogP contribution is 2.29. The standard InChI is InChI=1S/C18H24N4O5/c1-11(2)20-14(23)9-19-15(24)10-22-16(25)18(3,21-17(22)26)12-5-7-13(27-4)8-6-12/h5-8,11H,9-10H2,1-4H3,(H,19,24)(H,20,23)(H,21,26)/t18-/m1/s1. The van der Waals surface area contributed by atoms with Crippen molar-refractivity contribution in [2.75, 3.05) is 20.2 Å². The second kappa shape index (κ2) is 8.07. The average molecular weight is 376 g/mol. The predicted octanol–water partition coefficient (Wildman–Crippen LogP) is 0.103. The summed E-state index contributed by atoms with van der Waals surface area (Å²) in [5.41, 5.74) is -0.709. The van der Waals surface area contributed by atoms with Crippen LogP contribution >= 0.6 is 0 Å². The number of carbonyl (C=O) groups is 4. The van der Waals surface area contributed by atoms with Gasteiger partial charge in [-0.15, -0.1) is 0 Å². The lowest BCUT2D eigenvalue weighted by Gasteiger charge is -2.22. The Balaban J connectivity index is 2.02. The molecule has 27 heavy (non-hydrogen) atoms. The molecule has 3 N–H and O–H groups in total. The zero-order valence-electron chi connectivity index (χ0n) is 15.8. The molecular weight excluding hydrogens is 352 g/mol. The van der Waals surface area contributed by atoms with Crippen LogP contribution in [0.5, 0.6) is 5.75 Å². The normalized spacial score (nSPS) is 19.1. The molecule has 1 heterocycles. The van der Waals surface area contributed by atoms with Crippen molar-refractivity contribution < 1.29 is 23.9 Å². The summed E-state index contributed by atoms with van der Waals surface area (Å²) in [5, 5.41) is 7.64. The molecule has 1 saturated heterocycles. The number of imide groups is 1. The van der Waals surface area contributed by atoms with Gasteiger partial charge in [-0.05, 0) is 38.5 Å². The van der Waals surface area contributed by atoms with Crippen LogP contribution in [-0.4, -0.2) is 54.9 Å². The molecule has 2 rings (SSSR count). The van der Waals surface area contributed by atoms with Crippen molar-refractivity contribution in [3.63, 3.8) is 0 Å². The molecule has 1 aromatic rings. The second-order valence-electron chi connectivity index (χ2n) is 6.67. The molecule has 1 atom stereocenters. The molecule has 0 bridgehead atoms. The first-order valence-electron chi connectivity index (χ1n) is 8.52. The number of ether oxygens (including phenoxy) is 1. The quantitative estimate of drug-likeness (QED) is 0.584. The van der Waals surface area contributed by atoms with Gasteiger partial charge in [0.15, 0.2) is 0 Å². The number of nitrogens with zero attached hydrogens (tertiary/aromatic N) is 1. The van der Waals surface area contributed by atoms with E-state index in [4.69, 9.17) is 4.74 Å². The molecule has 1 fully saturated rings. The van der Waals surface area contributed by atoms with Crippen LogP contribution in [0.4, 0.5) is 4.79 Å². The van der Waals surface area contributed by atoms with E-state index < -0.39 is 29.9 Å². The summed E-state index contributed by atoms with van der Waals surface area (Å²) >= 11 is 0. The Bertz CT molecular complexity index is 747. The first-order valence-corrected chi connectivity index (χ1v) is 8.52. The second-order valence-corrected chi connectivity index (χ2v) is 6.67. The van der Waals surface area contributed by atoms with Gasteiger partial charge in [0.1, 0.15) is 17.8 Å². The van der Waals surface area contributed by atoms with Crippen molar-refractivity contribution in [1.82, 2.24) is 20.9 Å². The topological polar surface area (TPSA) is 117 Å². The number of amides is 5. The van der Waals surface area contributed by atoms with Crippen LogP contribution in [0.1, 0.15) is 26.3 Å². The zero-order valence-corrected chi connectivity index (χ0v) is 15.8. The van der Waals surface area contributed by atoms with Gasteiger partial charge in [0.05, 0.1) is 13.7 Å². The zero-order chi connectivity index (χ0) is 20.2. The van der Waals surface area contributed by atoms with Crippen molar-refractivity contribution in [3.8, 4) is 5.75 Å². The molecule has 0 aromatic heterocycles. The fourth-order valence-corrected chi connectivity index (χ4v) is 2.71. The average Bonchev–Trinajstić information content (AvgIpc) is 2.83. The summed E-state index contributed by atoms with van der Waals surface area (Å²) in [6.45, 7) is 4.48. The van der Waals surface area contributed by atoms with Crippen molar-refractivity contribution in [2.45, 2.75) is 32.4 Å². The fourth-order valence-electron chi connectivity index (χ4n) is 2.71. The molecule has 0 unspecified atom stereocenters. The minimum Gasteiger partial charge on any atom is -0.497 e. The summed E-state index contributed by atoms with van der Waals surface area (Å²) in [5.74, 6) is -0.871. The van der Waals surface area contributed by atoms with Gasteiger partial charge in [0.2, 0.25) is 11.8 Å². The van der Waals surface area contributed by atoms with E-state index in [1.807, 2.05) is 0 Å². The minimum atomic E-state index is -1.28. The summed E-state index contributed by atoms with van der Waals surface area (Å²) < 4.78 is 5.09. The Labute approximate surface area is 157 Å². The van der Waals surface area contributed by atoms with E-state index >= 15 is 0 Å². The van der Waals surface area contributed by atoms with Gasteiger partial charge in [-0.3, -0.25) is 19.3 Å². The third-order valence-corrected chi connectivity index (χ3v) is 4.14. The Morgan fingerprint density at radius 1 is 1.19 bits per heavy atom. The van der Waals surface area contributed by atoms with E-state index in [9.17, 15) is 19.2 Å². The number of hydrogen-bond donors (Lipinski definition) is 3. The smallest absolute Gasteiger partial charge is 0.325 e. The first kappa shape index (κ1) is 20.2. The third kappa shape index (κ3) is 4.55. The van der Waals surface area contributed by atoms with Gasteiger partial charge in [0, 0.05) is 6.04 Å². The summed E-state index contributed by atoms with van der Waals surface area (Å²) in [6, 6.07) is 6.00. The van der Waals surface area contributed by atoms with Crippen molar-refractivity contribution in [2.24, 2.45) is 0 Å². The number of rotatable bonds is 7. The molecule has 146 valence electrons. The monoisotopic (exact) mass is 376 g/mol. The van der Waals surface area contributed by atoms with E-state index in [0.29, 0.717) is 11.3 Å². The highest BCUT2D eigenvalue weighted by atomic mass is 16.5. The minimum absolute atomic E-state index is 0.0504.